The summed E-state index contributed by atoms with van der Waals surface area (Å²) in [4.78, 5) is 0.0173. The van der Waals surface area contributed by atoms with E-state index in [2.05, 4.69) is 10.0 Å². The minimum absolute atomic E-state index is 0.0173. The molecule has 0 aliphatic rings. The average molecular weight is 316 g/mol. The molecule has 0 aliphatic heterocycles. The van der Waals surface area contributed by atoms with E-state index in [0.29, 0.717) is 18.7 Å². The molecule has 21 heavy (non-hydrogen) atoms. The van der Waals surface area contributed by atoms with Gasteiger partial charge >= 0.3 is 0 Å². The van der Waals surface area contributed by atoms with Crippen molar-refractivity contribution in [3.8, 4) is 0 Å². The lowest BCUT2D eigenvalue weighted by molar-refractivity contribution is 0.553. The summed E-state index contributed by atoms with van der Waals surface area (Å²) >= 11 is 0. The van der Waals surface area contributed by atoms with Crippen LogP contribution in [0.5, 0.6) is 0 Å². The Balaban J connectivity index is 3.10. The lowest BCUT2D eigenvalue weighted by Gasteiger charge is -2.14. The van der Waals surface area contributed by atoms with Crippen LogP contribution in [0, 0.1) is 18.7 Å². The van der Waals surface area contributed by atoms with Crippen LogP contribution in [0.2, 0.25) is 0 Å². The van der Waals surface area contributed by atoms with E-state index in [-0.39, 0.29) is 22.4 Å². The molecule has 0 aromatic heterocycles. The Hall–Kier alpha value is -0.980. The average Bonchev–Trinajstić information content (AvgIpc) is 2.37. The molecule has 0 bridgehead atoms. The first kappa shape index (κ1) is 18.1. The van der Waals surface area contributed by atoms with Crippen LogP contribution in [0.25, 0.3) is 0 Å². The molecule has 1 aromatic rings. The highest BCUT2D eigenvalue weighted by Crippen LogP contribution is 2.20. The van der Waals surface area contributed by atoms with Crippen LogP contribution in [0.1, 0.15) is 38.8 Å². The third-order valence-electron chi connectivity index (χ3n) is 3.04. The summed E-state index contributed by atoms with van der Waals surface area (Å²) in [6, 6.07) is 3.16. The van der Waals surface area contributed by atoms with Crippen molar-refractivity contribution in [2.75, 3.05) is 6.54 Å². The zero-order chi connectivity index (χ0) is 16.2. The van der Waals surface area contributed by atoms with Gasteiger partial charge in [-0.2, -0.15) is 0 Å². The third kappa shape index (κ3) is 5.37. The lowest BCUT2D eigenvalue weighted by Crippen LogP contribution is -2.29. The number of sulfonamides is 1. The maximum atomic E-state index is 14.0. The van der Waals surface area contributed by atoms with Crippen molar-refractivity contribution in [1.29, 1.82) is 0 Å². The summed E-state index contributed by atoms with van der Waals surface area (Å²) in [5.41, 5.74) is 0.774. The van der Waals surface area contributed by atoms with Crippen molar-refractivity contribution in [3.05, 3.63) is 29.1 Å². The molecule has 0 fully saturated rings. The van der Waals surface area contributed by atoms with Crippen LogP contribution in [0.3, 0.4) is 0 Å². The van der Waals surface area contributed by atoms with Crippen LogP contribution in [-0.2, 0) is 16.6 Å². The third-order valence-corrected chi connectivity index (χ3v) is 4.59. The van der Waals surface area contributed by atoms with Gasteiger partial charge in [0.25, 0.3) is 0 Å². The summed E-state index contributed by atoms with van der Waals surface area (Å²) in [6.45, 7) is 10.0. The predicted molar refractivity (Wildman–Crippen MR) is 83.1 cm³/mol. The molecule has 0 heterocycles. The Morgan fingerprint density at radius 1 is 1.19 bits per heavy atom. The highest BCUT2D eigenvalue weighted by atomic mass is 32.2. The molecule has 6 heteroatoms. The molecule has 1 rings (SSSR count). The predicted octanol–water partition coefficient (Wildman–Crippen LogP) is 2.57. The lowest BCUT2D eigenvalue weighted by atomic mass is 10.1. The van der Waals surface area contributed by atoms with Crippen LogP contribution < -0.4 is 10.0 Å². The highest BCUT2D eigenvalue weighted by molar-refractivity contribution is 7.89. The van der Waals surface area contributed by atoms with Gasteiger partial charge in [-0.25, -0.2) is 17.5 Å². The second kappa shape index (κ2) is 7.33. The summed E-state index contributed by atoms with van der Waals surface area (Å²) in [7, 11) is -3.69. The minimum Gasteiger partial charge on any atom is -0.310 e. The molecular weight excluding hydrogens is 291 g/mol. The van der Waals surface area contributed by atoms with Crippen molar-refractivity contribution in [3.63, 3.8) is 0 Å². The number of hydrogen-bond donors (Lipinski definition) is 2. The SMILES string of the molecule is Cc1c(F)cc(CNC(C)C)cc1S(=O)(=O)NCC(C)C. The second-order valence-electron chi connectivity index (χ2n) is 5.98. The molecule has 0 saturated heterocycles. The van der Waals surface area contributed by atoms with Crippen LogP contribution in [0.4, 0.5) is 4.39 Å². The van der Waals surface area contributed by atoms with Crippen molar-refractivity contribution < 1.29 is 12.8 Å². The van der Waals surface area contributed by atoms with Gasteiger partial charge in [-0.1, -0.05) is 27.7 Å². The first-order valence-electron chi connectivity index (χ1n) is 7.15. The number of benzene rings is 1. The Morgan fingerprint density at radius 3 is 2.33 bits per heavy atom. The fourth-order valence-corrected chi connectivity index (χ4v) is 3.28. The van der Waals surface area contributed by atoms with Crippen LogP contribution in [0.15, 0.2) is 17.0 Å². The van der Waals surface area contributed by atoms with E-state index in [0.717, 1.165) is 0 Å². The van der Waals surface area contributed by atoms with E-state index >= 15 is 0 Å². The molecular formula is C15H25FN2O2S. The summed E-state index contributed by atoms with van der Waals surface area (Å²) in [5, 5.41) is 3.16. The maximum absolute atomic E-state index is 14.0. The van der Waals surface area contributed by atoms with Gasteiger partial charge in [0.2, 0.25) is 10.0 Å². The molecule has 0 spiro atoms. The summed E-state index contributed by atoms with van der Waals surface area (Å²) in [6.07, 6.45) is 0. The van der Waals surface area contributed by atoms with Gasteiger partial charge in [-0.3, -0.25) is 0 Å². The number of hydrogen-bond acceptors (Lipinski definition) is 3. The Kier molecular flexibility index (Phi) is 6.31. The standard InChI is InChI=1S/C15H25FN2O2S/c1-10(2)8-18-21(19,20)15-7-13(9-17-11(3)4)6-14(16)12(15)5/h6-7,10-11,17-18H,8-9H2,1-5H3. The topological polar surface area (TPSA) is 58.2 Å². The van der Waals surface area contributed by atoms with Crippen LogP contribution >= 0.6 is 0 Å². The zero-order valence-corrected chi connectivity index (χ0v) is 14.1. The summed E-state index contributed by atoms with van der Waals surface area (Å²) in [5.74, 6) is -0.307. The molecule has 1 aromatic carbocycles. The highest BCUT2D eigenvalue weighted by Gasteiger charge is 2.20. The quantitative estimate of drug-likeness (QED) is 0.813. The molecule has 0 radical (unpaired) electrons. The smallest absolute Gasteiger partial charge is 0.240 e. The van der Waals surface area contributed by atoms with Gasteiger partial charge in [0.1, 0.15) is 5.82 Å². The Bertz CT molecular complexity index is 584. The molecule has 2 N–H and O–H groups in total. The molecule has 0 amide bonds. The van der Waals surface area contributed by atoms with Crippen LogP contribution in [-0.4, -0.2) is 21.0 Å². The van der Waals surface area contributed by atoms with Gasteiger partial charge in [0.15, 0.2) is 0 Å². The molecule has 0 atom stereocenters. The van der Waals surface area contributed by atoms with Gasteiger partial charge in [-0.05, 0) is 30.5 Å². The van der Waals surface area contributed by atoms with E-state index in [1.165, 1.54) is 19.1 Å². The number of nitrogens with one attached hydrogen (secondary N) is 2. The largest absolute Gasteiger partial charge is 0.310 e. The van der Waals surface area contributed by atoms with Gasteiger partial charge in [0, 0.05) is 24.7 Å². The summed E-state index contributed by atoms with van der Waals surface area (Å²) < 4.78 is 41.1. The normalized spacial score (nSPS) is 12.4. The fraction of sp³-hybridized carbons (Fsp3) is 0.600. The first-order valence-corrected chi connectivity index (χ1v) is 8.64. The monoisotopic (exact) mass is 316 g/mol. The van der Waals surface area contributed by atoms with E-state index in [9.17, 15) is 12.8 Å². The molecule has 120 valence electrons. The van der Waals surface area contributed by atoms with Gasteiger partial charge in [0.05, 0.1) is 4.90 Å². The molecule has 0 saturated carbocycles. The van der Waals surface area contributed by atoms with Crippen molar-refractivity contribution >= 4 is 10.0 Å². The van der Waals surface area contributed by atoms with Gasteiger partial charge < -0.3 is 5.32 Å². The molecule has 0 aliphatic carbocycles. The van der Waals surface area contributed by atoms with Crippen molar-refractivity contribution in [1.82, 2.24) is 10.0 Å². The molecule has 0 unspecified atom stereocenters. The van der Waals surface area contributed by atoms with Gasteiger partial charge in [-0.15, -0.1) is 0 Å². The fourth-order valence-electron chi connectivity index (χ4n) is 1.76. The van der Waals surface area contributed by atoms with Crippen molar-refractivity contribution in [2.45, 2.75) is 52.1 Å². The maximum Gasteiger partial charge on any atom is 0.240 e. The second-order valence-corrected chi connectivity index (χ2v) is 7.72. The number of rotatable bonds is 7. The van der Waals surface area contributed by atoms with E-state index in [1.807, 2.05) is 27.7 Å². The Labute approximate surface area is 127 Å². The van der Waals surface area contributed by atoms with E-state index in [1.54, 1.807) is 0 Å². The van der Waals surface area contributed by atoms with E-state index < -0.39 is 15.8 Å². The van der Waals surface area contributed by atoms with Crippen molar-refractivity contribution in [2.24, 2.45) is 5.92 Å². The number of halogens is 1. The zero-order valence-electron chi connectivity index (χ0n) is 13.3. The minimum atomic E-state index is -3.69. The first-order chi connectivity index (χ1) is 9.63. The Morgan fingerprint density at radius 2 is 1.81 bits per heavy atom. The van der Waals surface area contributed by atoms with E-state index in [4.69, 9.17) is 0 Å². The molecule has 4 nitrogen and oxygen atoms in total.